The first-order valence-electron chi connectivity index (χ1n) is 9.56. The first-order chi connectivity index (χ1) is 14.6. The highest BCUT2D eigenvalue weighted by atomic mass is 32.2. The van der Waals surface area contributed by atoms with E-state index in [1.165, 1.54) is 4.57 Å². The topological polar surface area (TPSA) is 107 Å². The second-order valence-corrected chi connectivity index (χ2v) is 8.78. The van der Waals surface area contributed by atoms with Crippen LogP contribution < -0.4 is 9.92 Å². The lowest BCUT2D eigenvalue weighted by molar-refractivity contribution is 0.294. The Labute approximate surface area is 179 Å². The largest absolute Gasteiger partial charge is 0.399 e. The minimum Gasteiger partial charge on any atom is -0.399 e. The molecule has 10 heteroatoms. The third-order valence-electron chi connectivity index (χ3n) is 4.51. The number of aliphatic hydroxyl groups is 1. The van der Waals surface area contributed by atoms with Gasteiger partial charge >= 0.3 is 10.1 Å². The summed E-state index contributed by atoms with van der Waals surface area (Å²) in [4.78, 5) is 4.43. The van der Waals surface area contributed by atoms with Crippen molar-refractivity contribution >= 4 is 15.8 Å². The van der Waals surface area contributed by atoms with Gasteiger partial charge in [-0.3, -0.25) is 0 Å². The molecule has 0 saturated carbocycles. The normalized spacial score (nSPS) is 11.8. The van der Waals surface area contributed by atoms with E-state index < -0.39 is 27.5 Å². The van der Waals surface area contributed by atoms with Crippen LogP contribution in [0.3, 0.4) is 0 Å². The van der Waals surface area contributed by atoms with Gasteiger partial charge < -0.3 is 19.6 Å². The number of benzene rings is 2. The van der Waals surface area contributed by atoms with Gasteiger partial charge in [0.2, 0.25) is 0 Å². The molecule has 31 heavy (non-hydrogen) atoms. The average Bonchev–Trinajstić information content (AvgIpc) is 3.02. The Morgan fingerprint density at radius 2 is 1.74 bits per heavy atom. The molecule has 0 bridgehead atoms. The fraction of sp³-hybridized carbons (Fsp3) is 0.286. The summed E-state index contributed by atoms with van der Waals surface area (Å²) in [6.07, 6.45) is 0.110. The average molecular weight is 451 g/mol. The van der Waals surface area contributed by atoms with Crippen molar-refractivity contribution in [3.05, 3.63) is 71.2 Å². The maximum atomic E-state index is 13.5. The van der Waals surface area contributed by atoms with Crippen LogP contribution in [0.2, 0.25) is 0 Å². The molecule has 0 fully saturated rings. The van der Waals surface area contributed by atoms with Crippen LogP contribution >= 0.6 is 0 Å². The van der Waals surface area contributed by atoms with Crippen LogP contribution in [-0.4, -0.2) is 29.7 Å². The quantitative estimate of drug-likeness (QED) is 0.402. The Kier molecular flexibility index (Phi) is 6.61. The zero-order valence-electron chi connectivity index (χ0n) is 17.0. The molecule has 1 heterocycles. The molecule has 3 N–H and O–H groups in total. The van der Waals surface area contributed by atoms with E-state index in [2.05, 4.69) is 4.98 Å². The minimum atomic E-state index is -4.52. The molecule has 0 radical (unpaired) electrons. The molecule has 166 valence electrons. The summed E-state index contributed by atoms with van der Waals surface area (Å²) in [5, 5.41) is 9.22. The number of nitrogen functional groups attached to an aromatic ring is 1. The number of anilines is 1. The van der Waals surface area contributed by atoms with Gasteiger partial charge in [-0.25, -0.2) is 13.8 Å². The molecule has 0 aliphatic rings. The molecule has 0 amide bonds. The fourth-order valence-corrected chi connectivity index (χ4v) is 4.55. The van der Waals surface area contributed by atoms with Crippen molar-refractivity contribution in [1.82, 2.24) is 9.55 Å². The van der Waals surface area contributed by atoms with Crippen LogP contribution in [0.25, 0.3) is 0 Å². The summed E-state index contributed by atoms with van der Waals surface area (Å²) in [6.45, 7) is 3.40. The van der Waals surface area contributed by atoms with Crippen LogP contribution in [0.1, 0.15) is 36.8 Å². The lowest BCUT2D eigenvalue weighted by atomic mass is 10.1. The number of nitrogens with two attached hydrogens (primary N) is 1. The van der Waals surface area contributed by atoms with Gasteiger partial charge in [-0.1, -0.05) is 26.0 Å². The number of hydrogen-bond acceptors (Lipinski definition) is 6. The van der Waals surface area contributed by atoms with E-state index in [0.717, 1.165) is 17.7 Å². The Morgan fingerprint density at radius 3 is 2.29 bits per heavy atom. The molecule has 7 nitrogen and oxygen atoms in total. The zero-order chi connectivity index (χ0) is 22.8. The molecule has 0 unspecified atom stereocenters. The number of hydrogen-bond donors (Lipinski definition) is 2. The van der Waals surface area contributed by atoms with E-state index in [-0.39, 0.29) is 36.2 Å². The van der Waals surface area contributed by atoms with E-state index in [1.54, 1.807) is 38.1 Å². The molecule has 0 aliphatic carbocycles. The van der Waals surface area contributed by atoms with Crippen LogP contribution in [0.15, 0.2) is 47.5 Å². The monoisotopic (exact) mass is 451 g/mol. The zero-order valence-corrected chi connectivity index (χ0v) is 17.9. The first kappa shape index (κ1) is 22.7. The van der Waals surface area contributed by atoms with Gasteiger partial charge in [0.25, 0.3) is 0 Å². The predicted octanol–water partition coefficient (Wildman–Crippen LogP) is 3.22. The smallest absolute Gasteiger partial charge is 0.357 e. The second-order valence-electron chi connectivity index (χ2n) is 7.32. The molecule has 1 aromatic heterocycles. The van der Waals surface area contributed by atoms with Crippen LogP contribution in [-0.2, 0) is 23.1 Å². The van der Waals surface area contributed by atoms with Gasteiger partial charge in [0, 0.05) is 30.3 Å². The summed E-state index contributed by atoms with van der Waals surface area (Å²) in [6, 6.07) is 9.03. The molecule has 2 aromatic carbocycles. The lowest BCUT2D eigenvalue weighted by Crippen LogP contribution is -2.19. The van der Waals surface area contributed by atoms with Crippen molar-refractivity contribution in [2.24, 2.45) is 0 Å². The molecule has 3 rings (SSSR count). The maximum absolute atomic E-state index is 13.5. The maximum Gasteiger partial charge on any atom is 0.357 e. The predicted molar refractivity (Wildman–Crippen MR) is 111 cm³/mol. The number of nitrogens with zero attached hydrogens (tertiary/aromatic N) is 2. The highest BCUT2D eigenvalue weighted by molar-refractivity contribution is 7.87. The number of imidazole rings is 1. The second kappa shape index (κ2) is 9.03. The van der Waals surface area contributed by atoms with E-state index in [9.17, 15) is 22.3 Å². The number of aliphatic hydroxyl groups excluding tert-OH is 1. The molecule has 3 aromatic rings. The molecule has 0 atom stereocenters. The molecular formula is C21H23F2N3O4S. The summed E-state index contributed by atoms with van der Waals surface area (Å²) < 4.78 is 60.0. The van der Waals surface area contributed by atoms with Crippen molar-refractivity contribution in [2.45, 2.75) is 37.8 Å². The fourth-order valence-electron chi connectivity index (χ4n) is 3.14. The Balaban J connectivity index is 2.14. The SMILES string of the molecule is CC(C)c1nc(CCO)n(Cc2ccc(N)cc2)c1S(=O)(=O)Oc1cc(F)cc(F)c1. The van der Waals surface area contributed by atoms with Gasteiger partial charge in [0.05, 0.1) is 18.8 Å². The first-order valence-corrected chi connectivity index (χ1v) is 11.0. The number of aromatic nitrogens is 2. The Morgan fingerprint density at radius 1 is 1.13 bits per heavy atom. The van der Waals surface area contributed by atoms with Crippen LogP contribution in [0, 0.1) is 11.6 Å². The highest BCUT2D eigenvalue weighted by Crippen LogP contribution is 2.29. The van der Waals surface area contributed by atoms with Crippen molar-refractivity contribution in [1.29, 1.82) is 0 Å². The Bertz CT molecular complexity index is 1160. The van der Waals surface area contributed by atoms with Gasteiger partial charge in [-0.05, 0) is 23.6 Å². The summed E-state index contributed by atoms with van der Waals surface area (Å²) in [5.74, 6) is -2.38. The molecular weight excluding hydrogens is 428 g/mol. The molecule has 0 saturated heterocycles. The Hall–Kier alpha value is -2.98. The third kappa shape index (κ3) is 5.20. The standard InChI is InChI=1S/C21H23F2N3O4S/c1-13(2)20-21(31(28,29)30-18-10-15(22)9-16(23)11-18)26(19(25-20)7-8-27)12-14-3-5-17(24)6-4-14/h3-6,9-11,13,27H,7-8,12,24H2,1-2H3. The van der Waals surface area contributed by atoms with E-state index in [0.29, 0.717) is 17.6 Å². The van der Waals surface area contributed by atoms with E-state index in [4.69, 9.17) is 9.92 Å². The van der Waals surface area contributed by atoms with Crippen molar-refractivity contribution in [2.75, 3.05) is 12.3 Å². The summed E-state index contributed by atoms with van der Waals surface area (Å²) >= 11 is 0. The van der Waals surface area contributed by atoms with Crippen molar-refractivity contribution in [3.8, 4) is 5.75 Å². The van der Waals surface area contributed by atoms with Crippen LogP contribution in [0.4, 0.5) is 14.5 Å². The van der Waals surface area contributed by atoms with E-state index in [1.807, 2.05) is 0 Å². The van der Waals surface area contributed by atoms with Gasteiger partial charge in [-0.2, -0.15) is 8.42 Å². The van der Waals surface area contributed by atoms with Crippen molar-refractivity contribution < 1.29 is 26.5 Å². The van der Waals surface area contributed by atoms with E-state index >= 15 is 0 Å². The number of halogens is 2. The van der Waals surface area contributed by atoms with Crippen molar-refractivity contribution in [3.63, 3.8) is 0 Å². The van der Waals surface area contributed by atoms with Gasteiger partial charge in [0.1, 0.15) is 23.2 Å². The molecule has 0 aliphatic heterocycles. The number of rotatable bonds is 8. The minimum absolute atomic E-state index is 0.110. The highest BCUT2D eigenvalue weighted by Gasteiger charge is 2.31. The van der Waals surface area contributed by atoms with Gasteiger partial charge in [-0.15, -0.1) is 0 Å². The third-order valence-corrected chi connectivity index (χ3v) is 5.82. The summed E-state index contributed by atoms with van der Waals surface area (Å²) in [7, 11) is -4.52. The lowest BCUT2D eigenvalue weighted by Gasteiger charge is -2.15. The molecule has 0 spiro atoms. The van der Waals surface area contributed by atoms with Crippen LogP contribution in [0.5, 0.6) is 5.75 Å². The van der Waals surface area contributed by atoms with Gasteiger partial charge in [0.15, 0.2) is 5.03 Å². The summed E-state index contributed by atoms with van der Waals surface area (Å²) in [5.41, 5.74) is 7.25.